The van der Waals surface area contributed by atoms with E-state index in [1.165, 1.54) is 12.1 Å². The number of anilines is 2. The minimum atomic E-state index is -0.244. The van der Waals surface area contributed by atoms with Gasteiger partial charge in [0, 0.05) is 42.8 Å². The number of hydrogen-bond acceptors (Lipinski definition) is 5. The van der Waals surface area contributed by atoms with Crippen LogP contribution in [0.2, 0.25) is 5.02 Å². The van der Waals surface area contributed by atoms with Crippen molar-refractivity contribution in [2.24, 2.45) is 0 Å². The zero-order valence-electron chi connectivity index (χ0n) is 17.3. The van der Waals surface area contributed by atoms with Crippen LogP contribution in [0.15, 0.2) is 55.0 Å². The van der Waals surface area contributed by atoms with Crippen LogP contribution >= 0.6 is 11.6 Å². The molecule has 0 aliphatic carbocycles. The van der Waals surface area contributed by atoms with Crippen molar-refractivity contribution in [2.75, 3.05) is 37.8 Å². The molecule has 3 rings (SSSR count). The monoisotopic (exact) mass is 427 g/mol. The summed E-state index contributed by atoms with van der Waals surface area (Å²) in [4.78, 5) is 10.9. The van der Waals surface area contributed by atoms with E-state index in [1.54, 1.807) is 24.7 Å². The van der Waals surface area contributed by atoms with Gasteiger partial charge >= 0.3 is 0 Å². The highest BCUT2D eigenvalue weighted by Crippen LogP contribution is 2.30. The lowest BCUT2D eigenvalue weighted by Crippen LogP contribution is -2.14. The van der Waals surface area contributed by atoms with E-state index in [2.05, 4.69) is 39.6 Å². The Balaban J connectivity index is 1.65. The van der Waals surface area contributed by atoms with Crippen LogP contribution < -0.4 is 10.6 Å². The Hall–Kier alpha value is -2.70. The molecular formula is C23H27ClFN5. The maximum absolute atomic E-state index is 13.4. The van der Waals surface area contributed by atoms with Crippen LogP contribution in [0.5, 0.6) is 0 Å². The highest BCUT2D eigenvalue weighted by Gasteiger charge is 2.08. The number of aromatic nitrogens is 2. The van der Waals surface area contributed by atoms with E-state index < -0.39 is 0 Å². The van der Waals surface area contributed by atoms with Gasteiger partial charge in [-0.05, 0) is 63.3 Å². The van der Waals surface area contributed by atoms with Gasteiger partial charge in [0.1, 0.15) is 11.6 Å². The van der Waals surface area contributed by atoms with Gasteiger partial charge in [-0.2, -0.15) is 0 Å². The molecule has 0 atom stereocenters. The molecule has 0 radical (unpaired) electrons. The van der Waals surface area contributed by atoms with Crippen molar-refractivity contribution in [3.05, 3.63) is 71.4 Å². The smallest absolute Gasteiger partial charge is 0.126 e. The molecule has 0 unspecified atom stereocenters. The van der Waals surface area contributed by atoms with Crippen LogP contribution in [0, 0.1) is 5.82 Å². The molecule has 2 heterocycles. The molecule has 0 saturated heterocycles. The first kappa shape index (κ1) is 22.0. The van der Waals surface area contributed by atoms with Gasteiger partial charge in [-0.1, -0.05) is 23.7 Å². The molecule has 0 bridgehead atoms. The number of benzene rings is 1. The summed E-state index contributed by atoms with van der Waals surface area (Å²) in [6.45, 7) is 2.43. The summed E-state index contributed by atoms with van der Waals surface area (Å²) in [7, 11) is 4.16. The van der Waals surface area contributed by atoms with Gasteiger partial charge in [0.05, 0.1) is 10.7 Å². The van der Waals surface area contributed by atoms with Crippen LogP contribution in [0.3, 0.4) is 0 Å². The van der Waals surface area contributed by atoms with E-state index in [9.17, 15) is 4.39 Å². The second kappa shape index (κ2) is 10.9. The maximum atomic E-state index is 13.4. The van der Waals surface area contributed by atoms with Gasteiger partial charge in [-0.15, -0.1) is 0 Å². The third-order valence-electron chi connectivity index (χ3n) is 4.63. The number of halogens is 2. The predicted octanol–water partition coefficient (Wildman–Crippen LogP) is 5.30. The molecule has 3 aromatic rings. The van der Waals surface area contributed by atoms with Crippen LogP contribution in [0.4, 0.5) is 15.9 Å². The Bertz CT molecular complexity index is 964. The molecule has 30 heavy (non-hydrogen) atoms. The Morgan fingerprint density at radius 2 is 1.90 bits per heavy atom. The molecule has 0 amide bonds. The third-order valence-corrected chi connectivity index (χ3v) is 4.93. The Morgan fingerprint density at radius 1 is 1.03 bits per heavy atom. The molecule has 5 nitrogen and oxygen atoms in total. The van der Waals surface area contributed by atoms with Crippen LogP contribution in [0.1, 0.15) is 18.4 Å². The Labute approximate surface area is 182 Å². The van der Waals surface area contributed by atoms with Crippen LogP contribution in [-0.2, 0) is 6.54 Å². The van der Waals surface area contributed by atoms with Gasteiger partial charge in [0.15, 0.2) is 0 Å². The van der Waals surface area contributed by atoms with Crippen molar-refractivity contribution in [3.8, 4) is 11.1 Å². The van der Waals surface area contributed by atoms with Crippen molar-refractivity contribution in [1.82, 2.24) is 14.9 Å². The summed E-state index contributed by atoms with van der Waals surface area (Å²) >= 11 is 6.41. The van der Waals surface area contributed by atoms with Crippen LogP contribution in [-0.4, -0.2) is 42.1 Å². The van der Waals surface area contributed by atoms with E-state index in [1.807, 2.05) is 18.2 Å². The summed E-state index contributed by atoms with van der Waals surface area (Å²) in [6.07, 6.45) is 7.37. The Morgan fingerprint density at radius 3 is 2.70 bits per heavy atom. The normalized spacial score (nSPS) is 11.0. The standard InChI is InChI=1S/C23H27ClFN5/c1-30(2)9-4-3-8-27-23-12-21(22(24)16-29-23)18-11-20(15-26-14-18)28-13-17-6-5-7-19(25)10-17/h5-7,10-12,14-16,28H,3-4,8-9,13H2,1-2H3,(H,27,29). The van der Waals surface area contributed by atoms with Gasteiger partial charge in [0.25, 0.3) is 0 Å². The molecule has 7 heteroatoms. The first-order chi connectivity index (χ1) is 14.5. The van der Waals surface area contributed by atoms with Crippen molar-refractivity contribution in [3.63, 3.8) is 0 Å². The predicted molar refractivity (Wildman–Crippen MR) is 122 cm³/mol. The quantitative estimate of drug-likeness (QED) is 0.430. The molecule has 0 aliphatic rings. The van der Waals surface area contributed by atoms with Gasteiger partial charge in [-0.25, -0.2) is 9.37 Å². The molecule has 2 N–H and O–H groups in total. The van der Waals surface area contributed by atoms with E-state index in [0.29, 0.717) is 11.6 Å². The van der Waals surface area contributed by atoms with E-state index in [-0.39, 0.29) is 5.82 Å². The summed E-state index contributed by atoms with van der Waals surface area (Å²) in [6, 6.07) is 10.5. The van der Waals surface area contributed by atoms with Crippen molar-refractivity contribution < 1.29 is 4.39 Å². The molecular weight excluding hydrogens is 401 g/mol. The number of nitrogens with zero attached hydrogens (tertiary/aromatic N) is 3. The zero-order valence-corrected chi connectivity index (χ0v) is 18.1. The second-order valence-electron chi connectivity index (χ2n) is 7.43. The molecule has 0 fully saturated rings. The highest BCUT2D eigenvalue weighted by atomic mass is 35.5. The fourth-order valence-corrected chi connectivity index (χ4v) is 3.27. The lowest BCUT2D eigenvalue weighted by molar-refractivity contribution is 0.396. The van der Waals surface area contributed by atoms with E-state index in [4.69, 9.17) is 11.6 Å². The van der Waals surface area contributed by atoms with Crippen molar-refractivity contribution in [1.29, 1.82) is 0 Å². The zero-order chi connectivity index (χ0) is 21.3. The average molecular weight is 428 g/mol. The summed E-state index contributed by atoms with van der Waals surface area (Å²) in [5.41, 5.74) is 3.46. The number of pyridine rings is 2. The molecule has 2 aromatic heterocycles. The average Bonchev–Trinajstić information content (AvgIpc) is 2.73. The largest absolute Gasteiger partial charge is 0.380 e. The summed E-state index contributed by atoms with van der Waals surface area (Å²) < 4.78 is 13.4. The minimum absolute atomic E-state index is 0.244. The molecule has 1 aromatic carbocycles. The number of nitrogens with one attached hydrogen (secondary N) is 2. The molecule has 0 spiro atoms. The first-order valence-corrected chi connectivity index (χ1v) is 10.4. The van der Waals surface area contributed by atoms with E-state index >= 15 is 0 Å². The van der Waals surface area contributed by atoms with E-state index in [0.717, 1.165) is 54.1 Å². The fraction of sp³-hybridized carbons (Fsp3) is 0.304. The summed E-state index contributed by atoms with van der Waals surface area (Å²) in [5, 5.41) is 7.21. The first-order valence-electron chi connectivity index (χ1n) is 9.99. The lowest BCUT2D eigenvalue weighted by Gasteiger charge is -2.12. The number of rotatable bonds is 10. The third kappa shape index (κ3) is 6.68. The second-order valence-corrected chi connectivity index (χ2v) is 7.84. The molecule has 0 saturated carbocycles. The lowest BCUT2D eigenvalue weighted by atomic mass is 10.1. The number of hydrogen-bond donors (Lipinski definition) is 2. The Kier molecular flexibility index (Phi) is 7.99. The maximum Gasteiger partial charge on any atom is 0.126 e. The highest BCUT2D eigenvalue weighted by molar-refractivity contribution is 6.33. The number of unbranched alkanes of at least 4 members (excludes halogenated alkanes) is 1. The fourth-order valence-electron chi connectivity index (χ4n) is 3.06. The van der Waals surface area contributed by atoms with Crippen molar-refractivity contribution >= 4 is 23.1 Å². The molecule has 158 valence electrons. The van der Waals surface area contributed by atoms with Gasteiger partial charge < -0.3 is 15.5 Å². The van der Waals surface area contributed by atoms with Gasteiger partial charge in [0.2, 0.25) is 0 Å². The van der Waals surface area contributed by atoms with Crippen molar-refractivity contribution in [2.45, 2.75) is 19.4 Å². The minimum Gasteiger partial charge on any atom is -0.380 e. The van der Waals surface area contributed by atoms with Gasteiger partial charge in [-0.3, -0.25) is 4.98 Å². The topological polar surface area (TPSA) is 53.1 Å². The van der Waals surface area contributed by atoms with Crippen LogP contribution in [0.25, 0.3) is 11.1 Å². The SMILES string of the molecule is CN(C)CCCCNc1cc(-c2cncc(NCc3cccc(F)c3)c2)c(Cl)cn1. The molecule has 0 aliphatic heterocycles. The summed E-state index contributed by atoms with van der Waals surface area (Å²) in [5.74, 6) is 0.545.